The number of carbonyl (C=O) groups is 4. The van der Waals surface area contributed by atoms with Crippen LogP contribution in [0, 0.1) is 15.4 Å². The molecule has 2 aliphatic rings. The monoisotopic (exact) mass is 1090 g/mol. The molecule has 0 bridgehead atoms. The van der Waals surface area contributed by atoms with E-state index in [0.717, 1.165) is 86.2 Å². The summed E-state index contributed by atoms with van der Waals surface area (Å²) < 4.78 is 10.6. The summed E-state index contributed by atoms with van der Waals surface area (Å²) in [6, 6.07) is 30.8. The van der Waals surface area contributed by atoms with Crippen LogP contribution in [0.2, 0.25) is 0 Å². The normalized spacial score (nSPS) is 16.2. The average Bonchev–Trinajstić information content (AvgIpc) is 4.25. The van der Waals surface area contributed by atoms with Crippen LogP contribution in [-0.2, 0) is 19.1 Å². The van der Waals surface area contributed by atoms with Gasteiger partial charge in [0.1, 0.15) is 23.7 Å². The number of likely N-dealkylation sites (tertiary alicyclic amines) is 2. The molecule has 4 aromatic carbocycles. The predicted octanol–water partition coefficient (Wildman–Crippen LogP) is 9.96. The number of nitrogens with two attached hydrogens (primary N) is 1. The van der Waals surface area contributed by atoms with Crippen LogP contribution >= 0.6 is 22.6 Å². The fourth-order valence-corrected chi connectivity index (χ4v) is 9.91. The van der Waals surface area contributed by atoms with E-state index in [1.807, 2.05) is 117 Å². The maximum atomic E-state index is 13.4. The minimum atomic E-state index is -0.666. The van der Waals surface area contributed by atoms with Crippen LogP contribution in [0.5, 0.6) is 0 Å². The van der Waals surface area contributed by atoms with Crippen molar-refractivity contribution in [2.45, 2.75) is 77.5 Å². The lowest BCUT2D eigenvalue weighted by molar-refractivity contribution is -0.136. The van der Waals surface area contributed by atoms with E-state index in [9.17, 15) is 19.2 Å². The molecule has 0 spiro atoms. The summed E-state index contributed by atoms with van der Waals surface area (Å²) >= 11 is 2.36. The quantitative estimate of drug-likeness (QED) is 0.0512. The van der Waals surface area contributed by atoms with Crippen molar-refractivity contribution in [2.24, 2.45) is 11.8 Å². The first kappa shape index (κ1) is 52.7. The molecule has 2 fully saturated rings. The smallest absolute Gasteiger partial charge is 0.407 e. The predicted molar refractivity (Wildman–Crippen MR) is 290 cm³/mol. The third-order valence-corrected chi connectivity index (χ3v) is 14.2. The van der Waals surface area contributed by atoms with Gasteiger partial charge < -0.3 is 55.4 Å². The molecule has 0 saturated carbocycles. The third kappa shape index (κ3) is 12.1. The molecule has 72 heavy (non-hydrogen) atoms. The van der Waals surface area contributed by atoms with Crippen molar-refractivity contribution >= 4 is 75.0 Å². The fourth-order valence-electron chi connectivity index (χ4n) is 9.21. The molecule has 0 radical (unpaired) electrons. The Kier molecular flexibility index (Phi) is 17.5. The maximum absolute atomic E-state index is 13.4. The number of aromatic amines is 2. The van der Waals surface area contributed by atoms with Gasteiger partial charge in [-0.2, -0.15) is 0 Å². The minimum absolute atomic E-state index is 0.0724. The molecule has 8 rings (SSSR count). The number of ether oxygens (including phenoxy) is 2. The number of nitrogens with one attached hydrogen (secondary N) is 4. The topological polar surface area (TPSA) is 207 Å². The van der Waals surface area contributed by atoms with Gasteiger partial charge in [-0.05, 0) is 109 Å². The van der Waals surface area contributed by atoms with E-state index >= 15 is 0 Å². The van der Waals surface area contributed by atoms with Crippen molar-refractivity contribution in [1.29, 1.82) is 0 Å². The fraction of sp³-hybridized carbons (Fsp3) is 0.370. The van der Waals surface area contributed by atoms with E-state index in [-0.39, 0.29) is 35.7 Å². The van der Waals surface area contributed by atoms with Crippen LogP contribution in [0.1, 0.15) is 77.1 Å². The standard InChI is InChI=1S/C27H32IN5O3.C27H34N6O3/c2*1-17(2)24(31-27(35)36-4)26(34)33-14-8-11-22(33)25-29-16-21(30-25)18-12-13-20(28)23(15-18)32(3)19-9-6-5-7-10-19/h5-7,9-10,12-13,15-17,22,24H,8,11,14H2,1-4H3,(H,29,30)(H,31,35);5-7,9-10,12-13,15-17,22,24H,8,11,14,28H2,1-4H3,(H,29,30)(H,31,35)/t2*22-,24-/m00/s1. The third-order valence-electron chi connectivity index (χ3n) is 13.3. The van der Waals surface area contributed by atoms with Crippen molar-refractivity contribution in [3.63, 3.8) is 0 Å². The molecule has 18 heteroatoms. The van der Waals surface area contributed by atoms with E-state index in [2.05, 4.69) is 95.4 Å². The van der Waals surface area contributed by atoms with Gasteiger partial charge >= 0.3 is 12.2 Å². The number of alkyl carbamates (subject to hydrolysis) is 2. The molecular formula is C54H66IN11O6. The number of anilines is 5. The van der Waals surface area contributed by atoms with E-state index in [4.69, 9.17) is 15.2 Å². The number of para-hydroxylation sites is 2. The highest BCUT2D eigenvalue weighted by Crippen LogP contribution is 2.38. The van der Waals surface area contributed by atoms with Crippen molar-refractivity contribution in [3.05, 3.63) is 125 Å². The zero-order chi connectivity index (χ0) is 51.6. The summed E-state index contributed by atoms with van der Waals surface area (Å²) in [6.07, 6.45) is 5.76. The number of amides is 4. The van der Waals surface area contributed by atoms with Crippen molar-refractivity contribution < 1.29 is 28.7 Å². The second-order valence-corrected chi connectivity index (χ2v) is 19.8. The highest BCUT2D eigenvalue weighted by molar-refractivity contribution is 14.1. The Morgan fingerprint density at radius 2 is 1.07 bits per heavy atom. The Hall–Kier alpha value is -7.09. The van der Waals surface area contributed by atoms with Crippen LogP contribution in [0.3, 0.4) is 0 Å². The number of hydrogen-bond acceptors (Lipinski definition) is 11. The first-order valence-electron chi connectivity index (χ1n) is 24.3. The van der Waals surface area contributed by atoms with Crippen molar-refractivity contribution in [1.82, 2.24) is 40.4 Å². The molecule has 2 aliphatic heterocycles. The van der Waals surface area contributed by atoms with E-state index in [0.29, 0.717) is 18.8 Å². The van der Waals surface area contributed by atoms with Crippen LogP contribution in [0.4, 0.5) is 38.0 Å². The number of carbonyl (C=O) groups excluding carboxylic acids is 4. The number of nitrogen functional groups attached to an aromatic ring is 1. The Morgan fingerprint density at radius 1 is 0.653 bits per heavy atom. The lowest BCUT2D eigenvalue weighted by Crippen LogP contribution is -2.51. The highest BCUT2D eigenvalue weighted by atomic mass is 127. The number of rotatable bonds is 14. The second-order valence-electron chi connectivity index (χ2n) is 18.7. The summed E-state index contributed by atoms with van der Waals surface area (Å²) in [4.78, 5) is 74.5. The highest BCUT2D eigenvalue weighted by Gasteiger charge is 2.39. The van der Waals surface area contributed by atoms with Crippen LogP contribution < -0.4 is 26.2 Å². The molecule has 0 aliphatic carbocycles. The molecule has 6 N–H and O–H groups in total. The average molecular weight is 1090 g/mol. The first-order valence-corrected chi connectivity index (χ1v) is 25.3. The molecule has 2 saturated heterocycles. The molecule has 380 valence electrons. The molecule has 0 unspecified atom stereocenters. The van der Waals surface area contributed by atoms with Crippen molar-refractivity contribution in [2.75, 3.05) is 56.9 Å². The van der Waals surface area contributed by atoms with Gasteiger partial charge in [0.25, 0.3) is 0 Å². The van der Waals surface area contributed by atoms with Crippen LogP contribution in [0.15, 0.2) is 109 Å². The summed E-state index contributed by atoms with van der Waals surface area (Å²) in [5, 5.41) is 5.38. The molecule has 17 nitrogen and oxygen atoms in total. The Labute approximate surface area is 435 Å². The number of H-pyrrole nitrogens is 2. The van der Waals surface area contributed by atoms with Gasteiger partial charge in [-0.3, -0.25) is 9.59 Å². The summed E-state index contributed by atoms with van der Waals surface area (Å²) in [5.41, 5.74) is 14.8. The van der Waals surface area contributed by atoms with Gasteiger partial charge in [0.05, 0.1) is 67.1 Å². The number of hydrogen-bond donors (Lipinski definition) is 5. The van der Waals surface area contributed by atoms with Gasteiger partial charge in [0.2, 0.25) is 11.8 Å². The molecule has 4 amide bonds. The van der Waals surface area contributed by atoms with E-state index < -0.39 is 24.3 Å². The van der Waals surface area contributed by atoms with Crippen LogP contribution in [-0.4, -0.2) is 107 Å². The largest absolute Gasteiger partial charge is 0.453 e. The molecular weight excluding hydrogens is 1030 g/mol. The molecule has 4 atom stereocenters. The summed E-state index contributed by atoms with van der Waals surface area (Å²) in [6.45, 7) is 8.87. The number of nitrogens with zero attached hydrogens (tertiary/aromatic N) is 6. The molecule has 4 heterocycles. The van der Waals surface area contributed by atoms with Gasteiger partial charge in [0, 0.05) is 53.3 Å². The molecule has 6 aromatic rings. The number of imidazole rings is 2. The summed E-state index contributed by atoms with van der Waals surface area (Å²) in [7, 11) is 6.64. The van der Waals surface area contributed by atoms with Gasteiger partial charge in [-0.1, -0.05) is 76.2 Å². The van der Waals surface area contributed by atoms with E-state index in [1.165, 1.54) is 14.2 Å². The molecule has 2 aromatic heterocycles. The van der Waals surface area contributed by atoms with E-state index in [1.54, 1.807) is 11.1 Å². The Bertz CT molecular complexity index is 2610. The minimum Gasteiger partial charge on any atom is -0.453 e. The lowest BCUT2D eigenvalue weighted by Gasteiger charge is -2.30. The van der Waals surface area contributed by atoms with Gasteiger partial charge in [0.15, 0.2) is 0 Å². The van der Waals surface area contributed by atoms with Gasteiger partial charge in [-0.15, -0.1) is 0 Å². The Balaban J connectivity index is 0.000000211. The first-order chi connectivity index (χ1) is 34.6. The lowest BCUT2D eigenvalue weighted by atomic mass is 10.0. The SMILES string of the molecule is COC(=O)N[C@H](C(=O)N1CCC[C@H]1c1ncc(-c2ccc(I)c(N(C)c3ccccc3)c2)[nH]1)C(C)C.COC(=O)N[C@H](C(=O)N1CCC[C@H]1c1ncc(-c2ccc(N)c(N(C)c3ccccc3)c2)[nH]1)C(C)C. The number of benzene rings is 4. The van der Waals surface area contributed by atoms with Crippen LogP contribution in [0.25, 0.3) is 22.5 Å². The Morgan fingerprint density at radius 3 is 1.50 bits per heavy atom. The number of methoxy groups -OCH3 is 2. The zero-order valence-corrected chi connectivity index (χ0v) is 44.3. The number of aromatic nitrogens is 4. The van der Waals surface area contributed by atoms with Crippen molar-refractivity contribution in [3.8, 4) is 22.5 Å². The zero-order valence-electron chi connectivity index (χ0n) is 42.2. The second kappa shape index (κ2) is 23.9. The maximum Gasteiger partial charge on any atom is 0.407 e. The number of halogens is 1. The van der Waals surface area contributed by atoms with Gasteiger partial charge in [-0.25, -0.2) is 19.6 Å². The summed E-state index contributed by atoms with van der Waals surface area (Å²) in [5.74, 6) is 1.09.